The van der Waals surface area contributed by atoms with E-state index in [1.807, 2.05) is 6.92 Å². The number of nitrogens with one attached hydrogen (secondary N) is 1. The van der Waals surface area contributed by atoms with E-state index in [0.717, 1.165) is 12.3 Å². The molecule has 0 spiro atoms. The van der Waals surface area contributed by atoms with E-state index in [2.05, 4.69) is 17.4 Å². The predicted molar refractivity (Wildman–Crippen MR) is 57.4 cm³/mol. The predicted octanol–water partition coefficient (Wildman–Crippen LogP) is 1.29. The molecule has 3 atom stereocenters. The Bertz CT molecular complexity index is 206. The molecule has 1 saturated carbocycles. The summed E-state index contributed by atoms with van der Waals surface area (Å²) < 4.78 is 0. The van der Waals surface area contributed by atoms with Crippen molar-refractivity contribution in [3.8, 4) is 0 Å². The first-order chi connectivity index (χ1) is 6.72. The lowest BCUT2D eigenvalue weighted by molar-refractivity contribution is 0.314. The van der Waals surface area contributed by atoms with E-state index in [0.29, 0.717) is 11.9 Å². The minimum Gasteiger partial charge on any atom is -0.409 e. The van der Waals surface area contributed by atoms with Crippen LogP contribution in [0.5, 0.6) is 0 Å². The average molecular weight is 199 g/mol. The lowest BCUT2D eigenvalue weighted by Gasteiger charge is -2.14. The summed E-state index contributed by atoms with van der Waals surface area (Å²) >= 11 is 0. The molecular formula is C10H21N3O. The molecule has 0 heterocycles. The maximum Gasteiger partial charge on any atom is 0.156 e. The number of nitrogens with zero attached hydrogens (tertiary/aromatic N) is 1. The van der Waals surface area contributed by atoms with Crippen LogP contribution >= 0.6 is 0 Å². The second-order valence-electron chi connectivity index (χ2n) is 4.04. The summed E-state index contributed by atoms with van der Waals surface area (Å²) in [5.41, 5.74) is 5.56. The lowest BCUT2D eigenvalue weighted by atomic mass is 10.2. The van der Waals surface area contributed by atoms with E-state index < -0.39 is 0 Å². The van der Waals surface area contributed by atoms with Gasteiger partial charge in [0.15, 0.2) is 5.84 Å². The molecule has 0 aromatic rings. The highest BCUT2D eigenvalue weighted by molar-refractivity contribution is 5.85. The summed E-state index contributed by atoms with van der Waals surface area (Å²) in [7, 11) is 0. The van der Waals surface area contributed by atoms with Crippen LogP contribution in [-0.4, -0.2) is 23.1 Å². The van der Waals surface area contributed by atoms with Gasteiger partial charge in [0.05, 0.1) is 6.04 Å². The van der Waals surface area contributed by atoms with Crippen molar-refractivity contribution in [3.05, 3.63) is 0 Å². The van der Waals surface area contributed by atoms with Crippen molar-refractivity contribution < 1.29 is 5.21 Å². The minimum absolute atomic E-state index is 0.0341. The normalized spacial score (nSPS) is 28.9. The third-order valence-electron chi connectivity index (χ3n) is 2.88. The molecule has 4 N–H and O–H groups in total. The van der Waals surface area contributed by atoms with Crippen molar-refractivity contribution in [2.45, 2.75) is 51.6 Å². The van der Waals surface area contributed by atoms with E-state index in [1.54, 1.807) is 0 Å². The third-order valence-corrected chi connectivity index (χ3v) is 2.88. The number of hydrogen-bond acceptors (Lipinski definition) is 3. The van der Waals surface area contributed by atoms with Gasteiger partial charge >= 0.3 is 0 Å². The summed E-state index contributed by atoms with van der Waals surface area (Å²) in [6, 6.07) is 0.618. The Hall–Kier alpha value is -0.770. The first-order valence-electron chi connectivity index (χ1n) is 5.46. The standard InChI is InChI=1S/C10H21N3O/c1-3-5-7-6-9(7)12-8(4-2)10(11)13-14/h7-9,12,14H,3-6H2,1-2H3,(H2,11,13). The lowest BCUT2D eigenvalue weighted by Crippen LogP contribution is -2.42. The first-order valence-corrected chi connectivity index (χ1v) is 5.46. The van der Waals surface area contributed by atoms with Crippen LogP contribution in [0.2, 0.25) is 0 Å². The molecule has 0 saturated heterocycles. The largest absolute Gasteiger partial charge is 0.409 e. The maximum atomic E-state index is 8.56. The quantitative estimate of drug-likeness (QED) is 0.261. The topological polar surface area (TPSA) is 70.6 Å². The van der Waals surface area contributed by atoms with Gasteiger partial charge in [0.2, 0.25) is 0 Å². The second-order valence-corrected chi connectivity index (χ2v) is 4.04. The fourth-order valence-corrected chi connectivity index (χ4v) is 1.88. The van der Waals surface area contributed by atoms with Crippen LogP contribution in [0.25, 0.3) is 0 Å². The molecule has 0 amide bonds. The summed E-state index contributed by atoms with van der Waals surface area (Å²) in [6.07, 6.45) is 4.63. The fraction of sp³-hybridized carbons (Fsp3) is 0.900. The van der Waals surface area contributed by atoms with Crippen molar-refractivity contribution in [1.82, 2.24) is 5.32 Å². The van der Waals surface area contributed by atoms with Crippen LogP contribution in [0.4, 0.5) is 0 Å². The van der Waals surface area contributed by atoms with Crippen LogP contribution < -0.4 is 11.1 Å². The Kier molecular flexibility index (Phi) is 4.20. The minimum atomic E-state index is 0.0341. The van der Waals surface area contributed by atoms with Crippen molar-refractivity contribution in [3.63, 3.8) is 0 Å². The zero-order valence-electron chi connectivity index (χ0n) is 9.03. The molecule has 3 unspecified atom stereocenters. The molecule has 0 aromatic heterocycles. The fourth-order valence-electron chi connectivity index (χ4n) is 1.88. The smallest absolute Gasteiger partial charge is 0.156 e. The number of rotatable bonds is 6. The molecule has 0 aromatic carbocycles. The molecule has 1 aliphatic rings. The van der Waals surface area contributed by atoms with Crippen molar-refractivity contribution in [2.24, 2.45) is 16.8 Å². The molecule has 0 bridgehead atoms. The molecule has 1 rings (SSSR count). The summed E-state index contributed by atoms with van der Waals surface area (Å²) in [5, 5.41) is 15.0. The highest BCUT2D eigenvalue weighted by Gasteiger charge is 2.37. The molecule has 1 fully saturated rings. The Morgan fingerprint density at radius 1 is 1.64 bits per heavy atom. The van der Waals surface area contributed by atoms with Crippen LogP contribution in [0.3, 0.4) is 0 Å². The number of hydrogen-bond donors (Lipinski definition) is 3. The Morgan fingerprint density at radius 2 is 2.36 bits per heavy atom. The second kappa shape index (κ2) is 5.20. The van der Waals surface area contributed by atoms with Gasteiger partial charge in [-0.3, -0.25) is 0 Å². The Balaban J connectivity index is 2.29. The Morgan fingerprint density at radius 3 is 2.86 bits per heavy atom. The zero-order chi connectivity index (χ0) is 10.6. The summed E-state index contributed by atoms with van der Waals surface area (Å²) in [5.74, 6) is 1.11. The SMILES string of the molecule is CCCC1CC1NC(CC)C(N)=NO. The van der Waals surface area contributed by atoms with E-state index in [-0.39, 0.29) is 6.04 Å². The van der Waals surface area contributed by atoms with Gasteiger partial charge in [0.1, 0.15) is 0 Å². The number of oxime groups is 1. The number of nitrogens with two attached hydrogens (primary N) is 1. The molecular weight excluding hydrogens is 178 g/mol. The van der Waals surface area contributed by atoms with E-state index >= 15 is 0 Å². The zero-order valence-corrected chi connectivity index (χ0v) is 9.03. The molecule has 4 heteroatoms. The Labute approximate surface area is 85.6 Å². The van der Waals surface area contributed by atoms with Crippen LogP contribution in [-0.2, 0) is 0 Å². The molecule has 82 valence electrons. The van der Waals surface area contributed by atoms with Crippen LogP contribution in [0, 0.1) is 5.92 Å². The van der Waals surface area contributed by atoms with E-state index in [4.69, 9.17) is 10.9 Å². The van der Waals surface area contributed by atoms with Crippen molar-refractivity contribution >= 4 is 5.84 Å². The maximum absolute atomic E-state index is 8.56. The first kappa shape index (κ1) is 11.3. The van der Waals surface area contributed by atoms with Gasteiger partial charge in [-0.05, 0) is 25.2 Å². The summed E-state index contributed by atoms with van der Waals surface area (Å²) in [6.45, 7) is 4.24. The average Bonchev–Trinajstić information content (AvgIpc) is 2.92. The molecule has 4 nitrogen and oxygen atoms in total. The van der Waals surface area contributed by atoms with Gasteiger partial charge < -0.3 is 16.3 Å². The molecule has 14 heavy (non-hydrogen) atoms. The van der Waals surface area contributed by atoms with Crippen molar-refractivity contribution in [1.29, 1.82) is 0 Å². The van der Waals surface area contributed by atoms with Gasteiger partial charge in [0, 0.05) is 6.04 Å². The number of amidine groups is 1. The van der Waals surface area contributed by atoms with Crippen LogP contribution in [0.1, 0.15) is 39.5 Å². The molecule has 1 aliphatic carbocycles. The van der Waals surface area contributed by atoms with E-state index in [9.17, 15) is 0 Å². The van der Waals surface area contributed by atoms with E-state index in [1.165, 1.54) is 19.3 Å². The summed E-state index contributed by atoms with van der Waals surface area (Å²) in [4.78, 5) is 0. The molecule has 0 aliphatic heterocycles. The third kappa shape index (κ3) is 2.87. The van der Waals surface area contributed by atoms with Gasteiger partial charge in [-0.25, -0.2) is 0 Å². The van der Waals surface area contributed by atoms with Crippen molar-refractivity contribution in [2.75, 3.05) is 0 Å². The van der Waals surface area contributed by atoms with Gasteiger partial charge in [-0.15, -0.1) is 0 Å². The van der Waals surface area contributed by atoms with Gasteiger partial charge in [0.25, 0.3) is 0 Å². The highest BCUT2D eigenvalue weighted by Crippen LogP contribution is 2.34. The van der Waals surface area contributed by atoms with Gasteiger partial charge in [-0.2, -0.15) is 0 Å². The van der Waals surface area contributed by atoms with Crippen LogP contribution in [0.15, 0.2) is 5.16 Å². The van der Waals surface area contributed by atoms with Gasteiger partial charge in [-0.1, -0.05) is 25.4 Å². The molecule has 0 radical (unpaired) electrons. The monoisotopic (exact) mass is 199 g/mol. The highest BCUT2D eigenvalue weighted by atomic mass is 16.4.